The Balaban J connectivity index is 1.80. The lowest BCUT2D eigenvalue weighted by molar-refractivity contribution is -0.142. The van der Waals surface area contributed by atoms with E-state index in [0.717, 1.165) is 0 Å². The Morgan fingerprint density at radius 3 is 1.18 bits per heavy atom. The molecule has 0 spiro atoms. The number of aromatic hydroxyl groups is 3. The van der Waals surface area contributed by atoms with Crippen molar-refractivity contribution >= 4 is 59.9 Å². The third-order valence-corrected chi connectivity index (χ3v) is 9.53. The summed E-state index contributed by atoms with van der Waals surface area (Å²) in [6, 6.07) is 8.48. The third kappa shape index (κ3) is 16.7. The molecule has 0 aliphatic rings. The van der Waals surface area contributed by atoms with Crippen molar-refractivity contribution in [3.05, 3.63) is 89.5 Å². The largest absolute Gasteiger partial charge is 0.508 e. The summed E-state index contributed by atoms with van der Waals surface area (Å²) < 4.78 is 0. The van der Waals surface area contributed by atoms with Crippen molar-refractivity contribution in [3.8, 4) is 17.2 Å². The number of phenols is 3. The fraction of sp³-hybridized carbons (Fsp3) is 0.350. The van der Waals surface area contributed by atoms with Gasteiger partial charge in [-0.25, -0.2) is 4.79 Å². The molecule has 3 rings (SSSR count). The van der Waals surface area contributed by atoms with E-state index in [1.54, 1.807) is 12.1 Å². The highest BCUT2D eigenvalue weighted by molar-refractivity contribution is 7.80. The van der Waals surface area contributed by atoms with Gasteiger partial charge in [-0.1, -0.05) is 36.4 Å². The predicted molar refractivity (Wildman–Crippen MR) is 221 cm³/mol. The number of primary amides is 2. The number of amides is 7. The predicted octanol–water partition coefficient (Wildman–Crippen LogP) is -1.87. The molecule has 0 bridgehead atoms. The number of hydrogen-bond acceptors (Lipinski definition) is 13. The average molecular weight is 867 g/mol. The maximum absolute atomic E-state index is 13.9. The minimum absolute atomic E-state index is 0.000269. The summed E-state index contributed by atoms with van der Waals surface area (Å²) in [6.07, 6.45) is -1.86. The third-order valence-electron chi connectivity index (χ3n) is 9.17. The molecule has 61 heavy (non-hydrogen) atoms. The average Bonchev–Trinajstić information content (AvgIpc) is 3.21. The van der Waals surface area contributed by atoms with Crippen LogP contribution in [-0.4, -0.2) is 110 Å². The molecule has 3 aromatic carbocycles. The lowest BCUT2D eigenvalue weighted by atomic mass is 10.0. The van der Waals surface area contributed by atoms with Crippen LogP contribution in [0.25, 0.3) is 0 Å². The fourth-order valence-corrected chi connectivity index (χ4v) is 6.05. The van der Waals surface area contributed by atoms with Gasteiger partial charge in [0, 0.05) is 31.4 Å². The van der Waals surface area contributed by atoms with Crippen LogP contribution in [0.5, 0.6) is 17.2 Å². The molecule has 15 N–H and O–H groups in total. The maximum Gasteiger partial charge on any atom is 0.326 e. The lowest BCUT2D eigenvalue weighted by Gasteiger charge is -2.27. The van der Waals surface area contributed by atoms with Gasteiger partial charge in [-0.15, -0.1) is 0 Å². The number of nitrogens with two attached hydrogens (primary N) is 3. The first-order valence-corrected chi connectivity index (χ1v) is 19.5. The number of thiol groups is 1. The molecule has 0 radical (unpaired) electrons. The van der Waals surface area contributed by atoms with Crippen LogP contribution in [0.3, 0.4) is 0 Å². The quantitative estimate of drug-likeness (QED) is 0.0440. The normalized spacial score (nSPS) is 13.8. The van der Waals surface area contributed by atoms with Gasteiger partial charge >= 0.3 is 5.97 Å². The molecule has 0 unspecified atom stereocenters. The van der Waals surface area contributed by atoms with E-state index in [0.29, 0.717) is 16.7 Å². The standard InChI is InChI=1S/C40H50N8O12S/c41-27(17-21-1-7-24(49)8-2-21)35(54)44-28(13-15-33(42)52)37(56)48-32(20-61)39(58)45-29(14-16-34(43)53)36(55)46-30(18-22-3-9-25(50)10-4-22)38(57)47-31(40(59)60)19-23-5-11-26(51)12-6-23/h1-12,27-32,49-51,61H,13-20,41H2,(H2,42,52)(H2,43,53)(H,44,54)(H,45,58)(H,46,55)(H,47,57)(H,48,56)(H,59,60)/t27-,28-,29-,30-,31-,32-/m0/s1. The van der Waals surface area contributed by atoms with Crippen molar-refractivity contribution in [3.63, 3.8) is 0 Å². The Morgan fingerprint density at radius 2 is 0.787 bits per heavy atom. The Morgan fingerprint density at radius 1 is 0.475 bits per heavy atom. The molecule has 0 aromatic heterocycles. The Labute approximate surface area is 355 Å². The van der Waals surface area contributed by atoms with E-state index in [2.05, 4.69) is 39.2 Å². The van der Waals surface area contributed by atoms with E-state index >= 15 is 0 Å². The first-order valence-electron chi connectivity index (χ1n) is 18.9. The number of rotatable bonds is 24. The van der Waals surface area contributed by atoms with Gasteiger partial charge in [-0.2, -0.15) is 12.6 Å². The van der Waals surface area contributed by atoms with E-state index in [1.165, 1.54) is 60.7 Å². The van der Waals surface area contributed by atoms with Crippen molar-refractivity contribution in [2.45, 2.75) is 81.2 Å². The van der Waals surface area contributed by atoms with Gasteiger partial charge in [0.05, 0.1) is 6.04 Å². The Kier molecular flexibility index (Phi) is 18.8. The molecule has 0 saturated carbocycles. The second kappa shape index (κ2) is 23.7. The number of carboxylic acid groups (broad SMARTS) is 1. The first kappa shape index (κ1) is 48.5. The van der Waals surface area contributed by atoms with Gasteiger partial charge in [-0.3, -0.25) is 33.6 Å². The van der Waals surface area contributed by atoms with E-state index in [9.17, 15) is 58.8 Å². The SMILES string of the molecule is NC(=O)CC[C@H](NC(=O)[C@H](CS)NC(=O)[C@H](CCC(N)=O)NC(=O)[C@@H](N)Cc1ccc(O)cc1)C(=O)N[C@@H](Cc1ccc(O)cc1)C(=O)N[C@@H](Cc1ccc(O)cc1)C(=O)O. The van der Waals surface area contributed by atoms with Gasteiger partial charge in [0.2, 0.25) is 41.4 Å². The van der Waals surface area contributed by atoms with Gasteiger partial charge in [0.25, 0.3) is 0 Å². The highest BCUT2D eigenvalue weighted by Crippen LogP contribution is 2.15. The zero-order chi connectivity index (χ0) is 45.2. The topological polar surface area (TPSA) is 356 Å². The van der Waals surface area contributed by atoms with Gasteiger partial charge in [-0.05, 0) is 72.4 Å². The molecule has 3 aromatic rings. The van der Waals surface area contributed by atoms with Crippen LogP contribution in [0.2, 0.25) is 0 Å². The van der Waals surface area contributed by atoms with Crippen molar-refractivity contribution < 1.29 is 58.8 Å². The smallest absolute Gasteiger partial charge is 0.326 e. The number of benzene rings is 3. The van der Waals surface area contributed by atoms with Crippen LogP contribution in [0.1, 0.15) is 42.4 Å². The van der Waals surface area contributed by atoms with Crippen molar-refractivity contribution in [2.75, 3.05) is 5.75 Å². The van der Waals surface area contributed by atoms with Gasteiger partial charge in [0.15, 0.2) is 0 Å². The molecule has 0 aliphatic carbocycles. The van der Waals surface area contributed by atoms with Crippen molar-refractivity contribution in [1.82, 2.24) is 26.6 Å². The van der Waals surface area contributed by atoms with Gasteiger partial charge in [0.1, 0.15) is 47.5 Å². The van der Waals surface area contributed by atoms with Crippen LogP contribution in [0.4, 0.5) is 0 Å². The highest BCUT2D eigenvalue weighted by Gasteiger charge is 2.33. The molecule has 0 aliphatic heterocycles. The first-order chi connectivity index (χ1) is 28.8. The zero-order valence-electron chi connectivity index (χ0n) is 32.8. The number of carbonyl (C=O) groups excluding carboxylic acids is 7. The summed E-state index contributed by atoms with van der Waals surface area (Å²) in [5.41, 5.74) is 18.2. The van der Waals surface area contributed by atoms with Crippen molar-refractivity contribution in [1.29, 1.82) is 0 Å². The zero-order valence-corrected chi connectivity index (χ0v) is 33.7. The van der Waals surface area contributed by atoms with Crippen LogP contribution >= 0.6 is 12.6 Å². The molecular formula is C40H50N8O12S. The highest BCUT2D eigenvalue weighted by atomic mass is 32.1. The van der Waals surface area contributed by atoms with E-state index in [1.807, 2.05) is 0 Å². The number of carboxylic acids is 1. The molecule has 20 nitrogen and oxygen atoms in total. The number of aliphatic carboxylic acids is 1. The molecule has 7 amide bonds. The lowest BCUT2D eigenvalue weighted by Crippen LogP contribution is -2.60. The minimum Gasteiger partial charge on any atom is -0.508 e. The number of hydrogen-bond donors (Lipinski definition) is 13. The Bertz CT molecular complexity index is 2020. The van der Waals surface area contributed by atoms with Crippen LogP contribution in [-0.2, 0) is 57.6 Å². The van der Waals surface area contributed by atoms with Crippen LogP contribution in [0.15, 0.2) is 72.8 Å². The molecule has 21 heteroatoms. The van der Waals surface area contributed by atoms with Crippen molar-refractivity contribution in [2.24, 2.45) is 17.2 Å². The minimum atomic E-state index is -1.56. The Hall–Kier alpha value is -6.87. The molecule has 0 heterocycles. The maximum atomic E-state index is 13.9. The fourth-order valence-electron chi connectivity index (χ4n) is 5.80. The molecule has 6 atom stereocenters. The summed E-state index contributed by atoms with van der Waals surface area (Å²) in [5.74, 6) is -8.22. The van der Waals surface area contributed by atoms with E-state index in [-0.39, 0.29) is 61.5 Å². The summed E-state index contributed by atoms with van der Waals surface area (Å²) in [5, 5.41) is 51.0. The molecule has 328 valence electrons. The molecule has 0 saturated heterocycles. The number of carbonyl (C=O) groups is 8. The summed E-state index contributed by atoms with van der Waals surface area (Å²) in [7, 11) is 0. The molecular weight excluding hydrogens is 817 g/mol. The number of nitrogens with one attached hydrogen (secondary N) is 5. The molecule has 0 fully saturated rings. The summed E-state index contributed by atoms with van der Waals surface area (Å²) in [6.45, 7) is 0. The summed E-state index contributed by atoms with van der Waals surface area (Å²) in [4.78, 5) is 103. The van der Waals surface area contributed by atoms with E-state index < -0.39 is 90.0 Å². The van der Waals surface area contributed by atoms with Crippen LogP contribution < -0.4 is 43.8 Å². The monoisotopic (exact) mass is 866 g/mol. The van der Waals surface area contributed by atoms with Crippen LogP contribution in [0, 0.1) is 0 Å². The van der Waals surface area contributed by atoms with Gasteiger partial charge < -0.3 is 64.2 Å². The summed E-state index contributed by atoms with van der Waals surface area (Å²) >= 11 is 4.16. The second-order valence-corrected chi connectivity index (χ2v) is 14.4. The number of phenolic OH excluding ortho intramolecular Hbond substituents is 3. The second-order valence-electron chi connectivity index (χ2n) is 14.1. The van der Waals surface area contributed by atoms with E-state index in [4.69, 9.17) is 17.2 Å².